The predicted octanol–water partition coefficient (Wildman–Crippen LogP) is 2.56. The molecule has 0 amide bonds. The van der Waals surface area contributed by atoms with Gasteiger partial charge in [0.05, 0.1) is 0 Å². The third kappa shape index (κ3) is 4.78. The van der Waals surface area contributed by atoms with Crippen molar-refractivity contribution in [1.82, 2.24) is 5.32 Å². The molecule has 1 aromatic carbocycles. The van der Waals surface area contributed by atoms with Crippen LogP contribution in [0.25, 0.3) is 0 Å². The molecule has 0 aliphatic carbocycles. The minimum absolute atomic E-state index is 0.0496. The second-order valence-electron chi connectivity index (χ2n) is 4.56. The van der Waals surface area contributed by atoms with Crippen molar-refractivity contribution in [2.75, 3.05) is 13.2 Å². The first kappa shape index (κ1) is 12.7. The highest BCUT2D eigenvalue weighted by Gasteiger charge is 2.15. The van der Waals surface area contributed by atoms with Crippen molar-refractivity contribution in [3.63, 3.8) is 0 Å². The van der Waals surface area contributed by atoms with Crippen molar-refractivity contribution < 1.29 is 5.11 Å². The Morgan fingerprint density at radius 1 is 1.40 bits per heavy atom. The van der Waals surface area contributed by atoms with Crippen molar-refractivity contribution >= 4 is 15.9 Å². The van der Waals surface area contributed by atoms with Gasteiger partial charge in [-0.2, -0.15) is 0 Å². The van der Waals surface area contributed by atoms with Crippen molar-refractivity contribution in [3.05, 3.63) is 34.3 Å². The number of aliphatic hydroxyl groups is 1. The summed E-state index contributed by atoms with van der Waals surface area (Å²) in [5.41, 5.74) is 1.20. The lowest BCUT2D eigenvalue weighted by Crippen LogP contribution is -2.31. The lowest BCUT2D eigenvalue weighted by atomic mass is 9.95. The lowest BCUT2D eigenvalue weighted by molar-refractivity contribution is 0.156. The van der Waals surface area contributed by atoms with Crippen LogP contribution in [0.15, 0.2) is 28.7 Å². The van der Waals surface area contributed by atoms with E-state index in [-0.39, 0.29) is 12.0 Å². The Bertz CT molecular complexity index is 312. The Kier molecular flexibility index (Phi) is 4.77. The summed E-state index contributed by atoms with van der Waals surface area (Å²) in [4.78, 5) is 0. The molecule has 0 unspecified atom stereocenters. The first-order valence-electron chi connectivity index (χ1n) is 5.09. The zero-order chi connectivity index (χ0) is 11.3. The zero-order valence-corrected chi connectivity index (χ0v) is 10.8. The molecule has 15 heavy (non-hydrogen) atoms. The highest BCUT2D eigenvalue weighted by molar-refractivity contribution is 9.10. The molecule has 0 saturated carbocycles. The van der Waals surface area contributed by atoms with Gasteiger partial charge < -0.3 is 10.4 Å². The monoisotopic (exact) mass is 271 g/mol. The van der Waals surface area contributed by atoms with E-state index in [1.807, 2.05) is 26.0 Å². The van der Waals surface area contributed by atoms with Gasteiger partial charge in [0.25, 0.3) is 0 Å². The Labute approximate surface area is 99.8 Å². The number of hydrogen-bond acceptors (Lipinski definition) is 2. The van der Waals surface area contributed by atoms with Gasteiger partial charge in [-0.25, -0.2) is 0 Å². The van der Waals surface area contributed by atoms with Crippen molar-refractivity contribution in [1.29, 1.82) is 0 Å². The summed E-state index contributed by atoms with van der Waals surface area (Å²) in [5.74, 6) is 0. The second kappa shape index (κ2) is 5.64. The molecule has 0 spiro atoms. The highest BCUT2D eigenvalue weighted by Crippen LogP contribution is 2.13. The van der Waals surface area contributed by atoms with E-state index < -0.39 is 0 Å². The van der Waals surface area contributed by atoms with E-state index in [2.05, 4.69) is 33.4 Å². The molecule has 0 aliphatic heterocycles. The zero-order valence-electron chi connectivity index (χ0n) is 9.26. The fraction of sp³-hybridized carbons (Fsp3) is 0.500. The molecule has 0 fully saturated rings. The highest BCUT2D eigenvalue weighted by atomic mass is 79.9. The van der Waals surface area contributed by atoms with Crippen LogP contribution in [0.4, 0.5) is 0 Å². The molecule has 2 nitrogen and oxygen atoms in total. The quantitative estimate of drug-likeness (QED) is 0.863. The third-order valence-electron chi connectivity index (χ3n) is 2.25. The van der Waals surface area contributed by atoms with Crippen LogP contribution in [-0.4, -0.2) is 18.3 Å². The van der Waals surface area contributed by atoms with E-state index in [0.29, 0.717) is 0 Å². The Hall–Kier alpha value is -0.380. The van der Waals surface area contributed by atoms with Crippen LogP contribution in [0.1, 0.15) is 19.4 Å². The molecule has 1 rings (SSSR count). The van der Waals surface area contributed by atoms with Crippen molar-refractivity contribution in [2.45, 2.75) is 20.4 Å². The lowest BCUT2D eigenvalue weighted by Gasteiger charge is -2.21. The minimum Gasteiger partial charge on any atom is -0.396 e. The molecule has 0 radical (unpaired) electrons. The van der Waals surface area contributed by atoms with E-state index in [4.69, 9.17) is 5.11 Å². The molecule has 1 aromatic rings. The topological polar surface area (TPSA) is 32.3 Å². The minimum atomic E-state index is -0.0496. The molecule has 0 aliphatic rings. The van der Waals surface area contributed by atoms with Crippen molar-refractivity contribution in [3.8, 4) is 0 Å². The van der Waals surface area contributed by atoms with E-state index in [1.165, 1.54) is 5.56 Å². The summed E-state index contributed by atoms with van der Waals surface area (Å²) >= 11 is 3.44. The number of aliphatic hydroxyl groups excluding tert-OH is 1. The van der Waals surface area contributed by atoms with E-state index >= 15 is 0 Å². The van der Waals surface area contributed by atoms with Gasteiger partial charge in [-0.05, 0) is 17.7 Å². The number of hydrogen-bond donors (Lipinski definition) is 2. The number of halogens is 1. The van der Waals surface area contributed by atoms with Gasteiger partial charge in [0, 0.05) is 29.6 Å². The van der Waals surface area contributed by atoms with Gasteiger partial charge in [-0.1, -0.05) is 41.9 Å². The van der Waals surface area contributed by atoms with Gasteiger partial charge in [0.15, 0.2) is 0 Å². The van der Waals surface area contributed by atoms with Gasteiger partial charge in [0.2, 0.25) is 0 Å². The van der Waals surface area contributed by atoms with Crippen molar-refractivity contribution in [2.24, 2.45) is 5.41 Å². The second-order valence-corrected chi connectivity index (χ2v) is 5.47. The van der Waals surface area contributed by atoms with E-state index in [9.17, 15) is 0 Å². The first-order valence-corrected chi connectivity index (χ1v) is 5.89. The number of nitrogens with one attached hydrogen (secondary N) is 1. The molecule has 0 bridgehead atoms. The standard InChI is InChI=1S/C12H18BrNO/c1-12(2,9-15)8-14-7-10-4-3-5-11(13)6-10/h3-6,14-15H,7-9H2,1-2H3. The van der Waals surface area contributed by atoms with Gasteiger partial charge in [0.1, 0.15) is 0 Å². The molecule has 0 aromatic heterocycles. The summed E-state index contributed by atoms with van der Waals surface area (Å²) in [6, 6.07) is 8.22. The Morgan fingerprint density at radius 3 is 2.73 bits per heavy atom. The average molecular weight is 272 g/mol. The van der Waals surface area contributed by atoms with E-state index in [1.54, 1.807) is 0 Å². The molecule has 2 N–H and O–H groups in total. The van der Waals surface area contributed by atoms with Gasteiger partial charge in [-0.15, -0.1) is 0 Å². The molecular formula is C12H18BrNO. The third-order valence-corrected chi connectivity index (χ3v) is 2.74. The van der Waals surface area contributed by atoms with Crippen LogP contribution in [0.5, 0.6) is 0 Å². The molecule has 0 heterocycles. The van der Waals surface area contributed by atoms with Crippen LogP contribution in [0, 0.1) is 5.41 Å². The Morgan fingerprint density at radius 2 is 2.13 bits per heavy atom. The predicted molar refractivity (Wildman–Crippen MR) is 66.7 cm³/mol. The molecule has 84 valence electrons. The van der Waals surface area contributed by atoms with Crippen LogP contribution in [-0.2, 0) is 6.54 Å². The van der Waals surface area contributed by atoms with Crippen LogP contribution in [0.2, 0.25) is 0 Å². The van der Waals surface area contributed by atoms with Gasteiger partial charge >= 0.3 is 0 Å². The van der Waals surface area contributed by atoms with Crippen LogP contribution < -0.4 is 5.32 Å². The fourth-order valence-corrected chi connectivity index (χ4v) is 1.69. The Balaban J connectivity index is 2.38. The van der Waals surface area contributed by atoms with Gasteiger partial charge in [-0.3, -0.25) is 0 Å². The number of benzene rings is 1. The van der Waals surface area contributed by atoms with E-state index in [0.717, 1.165) is 17.6 Å². The van der Waals surface area contributed by atoms with Crippen LogP contribution in [0.3, 0.4) is 0 Å². The maximum absolute atomic E-state index is 9.09. The smallest absolute Gasteiger partial charge is 0.0494 e. The molecule has 3 heteroatoms. The first-order chi connectivity index (χ1) is 7.03. The maximum Gasteiger partial charge on any atom is 0.0494 e. The molecule has 0 atom stereocenters. The largest absolute Gasteiger partial charge is 0.396 e. The van der Waals surface area contributed by atoms with Crippen LogP contribution >= 0.6 is 15.9 Å². The SMILES string of the molecule is CC(C)(CO)CNCc1cccc(Br)c1. The fourth-order valence-electron chi connectivity index (χ4n) is 1.25. The average Bonchev–Trinajstić information content (AvgIpc) is 2.18. The maximum atomic E-state index is 9.09. The number of rotatable bonds is 5. The molecule has 0 saturated heterocycles. The molecular weight excluding hydrogens is 254 g/mol. The summed E-state index contributed by atoms with van der Waals surface area (Å²) in [6.07, 6.45) is 0. The summed E-state index contributed by atoms with van der Waals surface area (Å²) < 4.78 is 1.10. The normalized spacial score (nSPS) is 11.7. The summed E-state index contributed by atoms with van der Waals surface area (Å²) in [5, 5.41) is 12.4. The summed E-state index contributed by atoms with van der Waals surface area (Å²) in [7, 11) is 0. The summed E-state index contributed by atoms with van der Waals surface area (Å²) in [6.45, 7) is 5.94.